The highest BCUT2D eigenvalue weighted by molar-refractivity contribution is 6.07. The summed E-state index contributed by atoms with van der Waals surface area (Å²) in [6, 6.07) is 31.3. The van der Waals surface area contributed by atoms with Gasteiger partial charge in [-0.05, 0) is 72.1 Å². The number of para-hydroxylation sites is 1. The zero-order chi connectivity index (χ0) is 29.9. The molecule has 3 aromatic carbocycles. The Balaban J connectivity index is 1.30. The van der Waals surface area contributed by atoms with Crippen molar-refractivity contribution < 1.29 is 14.3 Å². The van der Waals surface area contributed by atoms with Crippen LogP contribution in [0.15, 0.2) is 103 Å². The lowest BCUT2D eigenvalue weighted by Crippen LogP contribution is -2.31. The Hall–Kier alpha value is -5.17. The molecule has 0 atom stereocenters. The first kappa shape index (κ1) is 28.0. The quantitative estimate of drug-likeness (QED) is 0.227. The summed E-state index contributed by atoms with van der Waals surface area (Å²) < 4.78 is 7.80. The van der Waals surface area contributed by atoms with Crippen molar-refractivity contribution in [1.82, 2.24) is 14.5 Å². The van der Waals surface area contributed by atoms with Crippen molar-refractivity contribution in [3.05, 3.63) is 137 Å². The van der Waals surface area contributed by atoms with Crippen LogP contribution in [0.25, 0.3) is 11.1 Å². The van der Waals surface area contributed by atoms with Crippen molar-refractivity contribution in [2.24, 2.45) is 0 Å². The second kappa shape index (κ2) is 12.0. The molecule has 7 nitrogen and oxygen atoms in total. The number of nitrogens with zero attached hydrogens (tertiary/aromatic N) is 4. The summed E-state index contributed by atoms with van der Waals surface area (Å²) in [5, 5.41) is 0. The Morgan fingerprint density at radius 3 is 2.47 bits per heavy atom. The third-order valence-corrected chi connectivity index (χ3v) is 8.13. The molecule has 6 rings (SSSR count). The second-order valence-corrected chi connectivity index (χ2v) is 10.8. The first-order valence-electron chi connectivity index (χ1n) is 14.4. The van der Waals surface area contributed by atoms with E-state index in [0.29, 0.717) is 43.1 Å². The van der Waals surface area contributed by atoms with Gasteiger partial charge in [-0.25, -0.2) is 0 Å². The van der Waals surface area contributed by atoms with Gasteiger partial charge in [0.15, 0.2) is 0 Å². The highest BCUT2D eigenvalue weighted by Gasteiger charge is 2.28. The van der Waals surface area contributed by atoms with Crippen molar-refractivity contribution in [3.63, 3.8) is 0 Å². The third kappa shape index (κ3) is 5.54. The Bertz CT molecular complexity index is 1790. The largest absolute Gasteiger partial charge is 0.496 e. The maximum atomic E-state index is 14.2. The van der Waals surface area contributed by atoms with Gasteiger partial charge in [0.25, 0.3) is 11.8 Å². The van der Waals surface area contributed by atoms with E-state index in [1.54, 1.807) is 23.1 Å². The fourth-order valence-corrected chi connectivity index (χ4v) is 5.73. The third-order valence-electron chi connectivity index (χ3n) is 8.13. The second-order valence-electron chi connectivity index (χ2n) is 10.8. The van der Waals surface area contributed by atoms with Gasteiger partial charge in [0.1, 0.15) is 11.4 Å². The first-order valence-corrected chi connectivity index (χ1v) is 14.4. The molecule has 1 aliphatic rings. The molecule has 0 aliphatic carbocycles. The minimum Gasteiger partial charge on any atom is -0.496 e. The normalized spacial score (nSPS) is 12.2. The van der Waals surface area contributed by atoms with Gasteiger partial charge in [-0.1, -0.05) is 48.5 Å². The lowest BCUT2D eigenvalue weighted by Gasteiger charge is -2.23. The molecule has 0 radical (unpaired) electrons. The van der Waals surface area contributed by atoms with Crippen LogP contribution in [-0.4, -0.2) is 47.0 Å². The van der Waals surface area contributed by atoms with Crippen LogP contribution < -0.4 is 9.64 Å². The van der Waals surface area contributed by atoms with Gasteiger partial charge in [0, 0.05) is 54.4 Å². The molecule has 0 spiro atoms. The Morgan fingerprint density at radius 1 is 0.884 bits per heavy atom. The SMILES string of the molecule is COc1cc(C(=O)N2Cc3ccc(C(=O)N(C)CCc4ccccn4)n3Cc3ccccc32)ccc1-c1ccccc1C. The average Bonchev–Trinajstić information content (AvgIpc) is 3.36. The van der Waals surface area contributed by atoms with Crippen LogP contribution in [0.2, 0.25) is 0 Å². The Morgan fingerprint density at radius 2 is 1.67 bits per heavy atom. The van der Waals surface area contributed by atoms with Crippen LogP contribution in [0.4, 0.5) is 5.69 Å². The summed E-state index contributed by atoms with van der Waals surface area (Å²) in [5.41, 5.74) is 7.93. The number of ether oxygens (including phenoxy) is 1. The number of hydrogen-bond acceptors (Lipinski definition) is 4. The van der Waals surface area contributed by atoms with E-state index in [9.17, 15) is 9.59 Å². The molecular weight excluding hydrogens is 536 g/mol. The minimum atomic E-state index is -0.128. The number of carbonyl (C=O) groups excluding carboxylic acids is 2. The minimum absolute atomic E-state index is 0.0593. The summed E-state index contributed by atoms with van der Waals surface area (Å²) >= 11 is 0. The predicted molar refractivity (Wildman–Crippen MR) is 169 cm³/mol. The van der Waals surface area contributed by atoms with Gasteiger partial charge in [-0.15, -0.1) is 0 Å². The van der Waals surface area contributed by atoms with Crippen LogP contribution in [0.1, 0.15) is 43.4 Å². The number of anilines is 1. The molecule has 216 valence electrons. The maximum Gasteiger partial charge on any atom is 0.270 e. The van der Waals surface area contributed by atoms with E-state index >= 15 is 0 Å². The van der Waals surface area contributed by atoms with E-state index in [4.69, 9.17) is 4.74 Å². The molecule has 0 saturated heterocycles. The number of aromatic nitrogens is 2. The Kier molecular flexibility index (Phi) is 7.79. The maximum absolute atomic E-state index is 14.2. The van der Waals surface area contributed by atoms with E-state index in [0.717, 1.165) is 39.3 Å². The van der Waals surface area contributed by atoms with Crippen molar-refractivity contribution in [2.45, 2.75) is 26.4 Å². The molecule has 3 heterocycles. The number of aryl methyl sites for hydroxylation is 1. The highest BCUT2D eigenvalue weighted by atomic mass is 16.5. The predicted octanol–water partition coefficient (Wildman–Crippen LogP) is 6.39. The summed E-state index contributed by atoms with van der Waals surface area (Å²) in [5.74, 6) is 0.460. The highest BCUT2D eigenvalue weighted by Crippen LogP contribution is 2.35. The topological polar surface area (TPSA) is 67.7 Å². The van der Waals surface area contributed by atoms with Crippen LogP contribution in [0, 0.1) is 6.92 Å². The fourth-order valence-electron chi connectivity index (χ4n) is 5.73. The molecule has 7 heteroatoms. The molecule has 0 saturated carbocycles. The number of hydrogen-bond donors (Lipinski definition) is 0. The first-order chi connectivity index (χ1) is 20.9. The molecule has 5 aromatic rings. The number of fused-ring (bicyclic) bond motifs is 2. The molecule has 1 aliphatic heterocycles. The van der Waals surface area contributed by atoms with E-state index < -0.39 is 0 Å². The summed E-state index contributed by atoms with van der Waals surface area (Å²) in [4.78, 5) is 35.7. The number of rotatable bonds is 7. The molecule has 0 N–H and O–H groups in total. The van der Waals surface area contributed by atoms with E-state index in [1.807, 2.05) is 96.5 Å². The number of methoxy groups -OCH3 is 1. The molecule has 0 bridgehead atoms. The smallest absolute Gasteiger partial charge is 0.270 e. The summed E-state index contributed by atoms with van der Waals surface area (Å²) in [7, 11) is 3.45. The number of amides is 2. The zero-order valence-corrected chi connectivity index (χ0v) is 24.7. The number of pyridine rings is 1. The number of likely N-dealkylation sites (N-methyl/N-ethyl adjacent to an activating group) is 1. The molecule has 0 unspecified atom stereocenters. The van der Waals surface area contributed by atoms with Gasteiger partial charge in [0.05, 0.1) is 20.2 Å². The van der Waals surface area contributed by atoms with Crippen molar-refractivity contribution >= 4 is 17.5 Å². The average molecular weight is 571 g/mol. The van der Waals surface area contributed by atoms with Crippen LogP contribution in [-0.2, 0) is 19.5 Å². The van der Waals surface area contributed by atoms with Crippen LogP contribution in [0.5, 0.6) is 5.75 Å². The van der Waals surface area contributed by atoms with Gasteiger partial charge in [-0.3, -0.25) is 14.6 Å². The van der Waals surface area contributed by atoms with Crippen LogP contribution >= 0.6 is 0 Å². The van der Waals surface area contributed by atoms with E-state index in [1.165, 1.54) is 0 Å². The van der Waals surface area contributed by atoms with Crippen molar-refractivity contribution in [1.29, 1.82) is 0 Å². The van der Waals surface area contributed by atoms with Gasteiger partial charge in [-0.2, -0.15) is 0 Å². The number of carbonyl (C=O) groups is 2. The molecular formula is C36H34N4O3. The van der Waals surface area contributed by atoms with Crippen molar-refractivity contribution in [3.8, 4) is 16.9 Å². The molecule has 0 fully saturated rings. The molecule has 2 amide bonds. The lowest BCUT2D eigenvalue weighted by molar-refractivity contribution is 0.0785. The summed E-state index contributed by atoms with van der Waals surface area (Å²) in [6.07, 6.45) is 2.44. The van der Waals surface area contributed by atoms with Gasteiger partial charge >= 0.3 is 0 Å². The summed E-state index contributed by atoms with van der Waals surface area (Å²) in [6.45, 7) is 3.45. The van der Waals surface area contributed by atoms with Crippen LogP contribution in [0.3, 0.4) is 0 Å². The van der Waals surface area contributed by atoms with Gasteiger partial charge < -0.3 is 19.1 Å². The van der Waals surface area contributed by atoms with Crippen molar-refractivity contribution in [2.75, 3.05) is 25.6 Å². The molecule has 2 aromatic heterocycles. The zero-order valence-electron chi connectivity index (χ0n) is 24.7. The standard InChI is InChI=1S/C36H34N4O3/c1-25-10-4-6-13-30(25)31-17-15-26(22-34(31)43-3)35(41)40-24-29-16-18-33(39(29)23-27-11-5-7-14-32(27)40)36(42)38(2)21-19-28-12-8-9-20-37-28/h4-18,20,22H,19,21,23-24H2,1-3H3. The lowest BCUT2D eigenvalue weighted by atomic mass is 9.98. The number of benzene rings is 3. The van der Waals surface area contributed by atoms with Gasteiger partial charge in [0.2, 0.25) is 0 Å². The Labute approximate surface area is 252 Å². The van der Waals surface area contributed by atoms with E-state index in [-0.39, 0.29) is 11.8 Å². The fraction of sp³-hybridized carbons (Fsp3) is 0.194. The van der Waals surface area contributed by atoms with E-state index in [2.05, 4.69) is 24.0 Å². The molecule has 43 heavy (non-hydrogen) atoms. The monoisotopic (exact) mass is 570 g/mol.